The molecule has 1 saturated carbocycles. The quantitative estimate of drug-likeness (QED) is 0.831. The smallest absolute Gasteiger partial charge is 0.249 e. The van der Waals surface area contributed by atoms with Crippen LogP contribution in [0.3, 0.4) is 0 Å². The zero-order valence-corrected chi connectivity index (χ0v) is 17.0. The first-order valence-electron chi connectivity index (χ1n) is 9.52. The Bertz CT molecular complexity index is 1020. The predicted molar refractivity (Wildman–Crippen MR) is 110 cm³/mol. The van der Waals surface area contributed by atoms with Crippen LogP contribution < -0.4 is 5.73 Å². The number of primary amides is 1. The van der Waals surface area contributed by atoms with Crippen molar-refractivity contribution in [1.82, 2.24) is 9.97 Å². The van der Waals surface area contributed by atoms with Crippen molar-refractivity contribution in [3.05, 3.63) is 33.0 Å². The summed E-state index contributed by atoms with van der Waals surface area (Å²) in [5.41, 5.74) is 11.6. The van der Waals surface area contributed by atoms with Crippen molar-refractivity contribution in [3.8, 4) is 0 Å². The zero-order valence-electron chi connectivity index (χ0n) is 16.2. The highest BCUT2D eigenvalue weighted by Crippen LogP contribution is 2.52. The number of Topliss-reactive ketones (excluding diaryl/α,β-unsaturated/α-hetero) is 1. The molecular formula is C21H25N3O2S. The Balaban J connectivity index is 1.95. The SMILES string of the molecule is CC(=O)C1=C(c2nc3c(C)c(C(N)=O)c(C)c(C)c3[nH]2)[C@H]2CCCC[C@H]2S1. The molecule has 1 aliphatic heterocycles. The Labute approximate surface area is 163 Å². The summed E-state index contributed by atoms with van der Waals surface area (Å²) in [6.45, 7) is 7.45. The van der Waals surface area contributed by atoms with Gasteiger partial charge in [-0.3, -0.25) is 9.59 Å². The van der Waals surface area contributed by atoms with E-state index in [2.05, 4.69) is 4.98 Å². The minimum absolute atomic E-state index is 0.118. The van der Waals surface area contributed by atoms with Gasteiger partial charge < -0.3 is 10.7 Å². The number of amides is 1. The van der Waals surface area contributed by atoms with Crippen LogP contribution in [0, 0.1) is 26.7 Å². The highest BCUT2D eigenvalue weighted by Gasteiger charge is 2.40. The molecule has 1 fully saturated rings. The number of nitrogens with two attached hydrogens (primary N) is 1. The van der Waals surface area contributed by atoms with Gasteiger partial charge in [0.2, 0.25) is 5.91 Å². The van der Waals surface area contributed by atoms with E-state index in [0.29, 0.717) is 16.7 Å². The predicted octanol–water partition coefficient (Wildman–Crippen LogP) is 4.19. The van der Waals surface area contributed by atoms with Crippen molar-refractivity contribution in [1.29, 1.82) is 0 Å². The van der Waals surface area contributed by atoms with Crippen LogP contribution in [0.4, 0.5) is 0 Å². The number of hydrogen-bond donors (Lipinski definition) is 2. The first-order valence-corrected chi connectivity index (χ1v) is 10.4. The molecule has 0 radical (unpaired) electrons. The number of allylic oxidation sites excluding steroid dienone is 2. The van der Waals surface area contributed by atoms with Crippen molar-refractivity contribution >= 4 is 40.1 Å². The van der Waals surface area contributed by atoms with Crippen molar-refractivity contribution < 1.29 is 9.59 Å². The van der Waals surface area contributed by atoms with Gasteiger partial charge in [-0.1, -0.05) is 12.8 Å². The van der Waals surface area contributed by atoms with Crippen molar-refractivity contribution in [2.75, 3.05) is 0 Å². The molecule has 5 nitrogen and oxygen atoms in total. The molecule has 1 aromatic carbocycles. The Hall–Kier alpha value is -2.08. The third-order valence-corrected chi connectivity index (χ3v) is 7.77. The number of ketones is 1. The third kappa shape index (κ3) is 2.73. The van der Waals surface area contributed by atoms with E-state index in [9.17, 15) is 9.59 Å². The Morgan fingerprint density at radius 1 is 1.11 bits per heavy atom. The maximum Gasteiger partial charge on any atom is 0.249 e. The van der Waals surface area contributed by atoms with Gasteiger partial charge in [-0.25, -0.2) is 4.98 Å². The zero-order chi connectivity index (χ0) is 19.5. The number of hydrogen-bond acceptors (Lipinski definition) is 4. The minimum Gasteiger partial charge on any atom is -0.366 e. The molecule has 2 aromatic rings. The molecule has 4 rings (SSSR count). The van der Waals surface area contributed by atoms with Gasteiger partial charge in [0.05, 0.1) is 15.9 Å². The lowest BCUT2D eigenvalue weighted by atomic mass is 9.83. The molecule has 2 aliphatic rings. The number of thioether (sulfide) groups is 1. The number of carbonyl (C=O) groups is 2. The van der Waals surface area contributed by atoms with Crippen LogP contribution in [0.15, 0.2) is 4.91 Å². The summed E-state index contributed by atoms with van der Waals surface area (Å²) in [5.74, 6) is 0.851. The van der Waals surface area contributed by atoms with Crippen LogP contribution >= 0.6 is 11.8 Å². The number of nitrogens with zero attached hydrogens (tertiary/aromatic N) is 1. The number of imidazole rings is 1. The average Bonchev–Trinajstić information content (AvgIpc) is 3.21. The number of carbonyl (C=O) groups excluding carboxylic acids is 2. The van der Waals surface area contributed by atoms with Gasteiger partial charge in [0.25, 0.3) is 0 Å². The molecule has 0 unspecified atom stereocenters. The first-order chi connectivity index (χ1) is 12.8. The number of fused-ring (bicyclic) bond motifs is 2. The lowest BCUT2D eigenvalue weighted by Gasteiger charge is -2.25. The van der Waals surface area contributed by atoms with E-state index >= 15 is 0 Å². The fraction of sp³-hybridized carbons (Fsp3) is 0.476. The lowest BCUT2D eigenvalue weighted by molar-refractivity contribution is -0.112. The minimum atomic E-state index is -0.424. The summed E-state index contributed by atoms with van der Waals surface area (Å²) in [5, 5.41) is 0.478. The summed E-state index contributed by atoms with van der Waals surface area (Å²) >= 11 is 1.73. The Morgan fingerprint density at radius 2 is 1.81 bits per heavy atom. The van der Waals surface area contributed by atoms with Gasteiger partial charge in [0, 0.05) is 22.3 Å². The number of aryl methyl sites for hydroxylation is 2. The molecule has 142 valence electrons. The lowest BCUT2D eigenvalue weighted by Crippen LogP contribution is -2.19. The number of H-pyrrole nitrogens is 1. The van der Waals surface area contributed by atoms with Crippen LogP contribution in [-0.4, -0.2) is 26.9 Å². The normalized spacial score (nSPS) is 22.4. The van der Waals surface area contributed by atoms with Gasteiger partial charge in [-0.15, -0.1) is 11.8 Å². The van der Waals surface area contributed by atoms with Gasteiger partial charge in [-0.05, 0) is 57.2 Å². The van der Waals surface area contributed by atoms with E-state index in [1.54, 1.807) is 18.7 Å². The molecule has 2 atom stereocenters. The summed E-state index contributed by atoms with van der Waals surface area (Å²) in [6.07, 6.45) is 4.68. The molecule has 0 saturated heterocycles. The Morgan fingerprint density at radius 3 is 2.48 bits per heavy atom. The van der Waals surface area contributed by atoms with Crippen LogP contribution in [0.25, 0.3) is 16.6 Å². The molecule has 1 aromatic heterocycles. The van der Waals surface area contributed by atoms with Crippen LogP contribution in [0.5, 0.6) is 0 Å². The highest BCUT2D eigenvalue weighted by molar-refractivity contribution is 8.05. The van der Waals surface area contributed by atoms with E-state index in [-0.39, 0.29) is 5.78 Å². The monoisotopic (exact) mass is 383 g/mol. The molecule has 1 aliphatic carbocycles. The standard InChI is InChI=1S/C21H25N3O2S/c1-9-10(2)17-18(11(3)15(9)20(22)26)24-21(23-17)16-13-7-5-6-8-14(13)27-19(16)12(4)25/h13-14H,5-8H2,1-4H3,(H2,22,26)(H,23,24)/t13-,14+/m0/s1. The molecule has 27 heavy (non-hydrogen) atoms. The summed E-state index contributed by atoms with van der Waals surface area (Å²) in [6, 6.07) is 0. The average molecular weight is 384 g/mol. The molecule has 6 heteroatoms. The van der Waals surface area contributed by atoms with Crippen LogP contribution in [0.1, 0.15) is 65.5 Å². The maximum atomic E-state index is 12.3. The second-order valence-corrected chi connectivity index (χ2v) is 9.02. The molecular weight excluding hydrogens is 358 g/mol. The largest absolute Gasteiger partial charge is 0.366 e. The van der Waals surface area contributed by atoms with Crippen molar-refractivity contribution in [2.24, 2.45) is 11.7 Å². The van der Waals surface area contributed by atoms with Gasteiger partial charge in [-0.2, -0.15) is 0 Å². The number of aromatic nitrogens is 2. The van der Waals surface area contributed by atoms with E-state index in [1.807, 2.05) is 20.8 Å². The summed E-state index contributed by atoms with van der Waals surface area (Å²) in [4.78, 5) is 33.5. The topological polar surface area (TPSA) is 88.8 Å². The molecule has 0 spiro atoms. The maximum absolute atomic E-state index is 12.3. The summed E-state index contributed by atoms with van der Waals surface area (Å²) in [7, 11) is 0. The third-order valence-electron chi connectivity index (χ3n) is 6.15. The van der Waals surface area contributed by atoms with E-state index in [1.165, 1.54) is 12.8 Å². The van der Waals surface area contributed by atoms with Crippen molar-refractivity contribution in [2.45, 2.75) is 58.6 Å². The van der Waals surface area contributed by atoms with E-state index in [4.69, 9.17) is 10.7 Å². The molecule has 1 amide bonds. The number of nitrogens with one attached hydrogen (secondary N) is 1. The second-order valence-electron chi connectivity index (χ2n) is 7.77. The van der Waals surface area contributed by atoms with Crippen LogP contribution in [-0.2, 0) is 4.79 Å². The number of benzene rings is 1. The second kappa shape index (κ2) is 6.51. The van der Waals surface area contributed by atoms with Gasteiger partial charge in [0.1, 0.15) is 5.82 Å². The summed E-state index contributed by atoms with van der Waals surface area (Å²) < 4.78 is 0. The first kappa shape index (κ1) is 18.3. The Kier molecular flexibility index (Phi) is 4.41. The molecule has 2 heterocycles. The molecule has 3 N–H and O–H groups in total. The van der Waals surface area contributed by atoms with Gasteiger partial charge in [0.15, 0.2) is 5.78 Å². The van der Waals surface area contributed by atoms with Crippen molar-refractivity contribution in [3.63, 3.8) is 0 Å². The van der Waals surface area contributed by atoms with E-state index < -0.39 is 5.91 Å². The number of rotatable bonds is 3. The van der Waals surface area contributed by atoms with Crippen LogP contribution in [0.2, 0.25) is 0 Å². The highest BCUT2D eigenvalue weighted by atomic mass is 32.2. The fourth-order valence-corrected chi connectivity index (χ4v) is 6.26. The van der Waals surface area contributed by atoms with Gasteiger partial charge >= 0.3 is 0 Å². The fourth-order valence-electron chi connectivity index (χ4n) is 4.69. The molecule has 0 bridgehead atoms. The van der Waals surface area contributed by atoms with E-state index in [0.717, 1.165) is 56.9 Å². The number of aromatic amines is 1.